The van der Waals surface area contributed by atoms with Gasteiger partial charge in [0, 0.05) is 18.5 Å². The minimum absolute atomic E-state index is 0.655. The number of aromatic nitrogens is 2. The summed E-state index contributed by atoms with van der Waals surface area (Å²) >= 11 is 0. The lowest BCUT2D eigenvalue weighted by Crippen LogP contribution is -2.16. The van der Waals surface area contributed by atoms with Crippen LogP contribution in [0.2, 0.25) is 0 Å². The number of hydrogen-bond acceptors (Lipinski definition) is 3. The van der Waals surface area contributed by atoms with Gasteiger partial charge in [-0.1, -0.05) is 0 Å². The first-order valence-corrected chi connectivity index (χ1v) is 4.29. The minimum Gasteiger partial charge on any atom is -0.478 e. The first-order valence-electron chi connectivity index (χ1n) is 4.29. The van der Waals surface area contributed by atoms with Gasteiger partial charge in [-0.15, -0.1) is 0 Å². The van der Waals surface area contributed by atoms with Gasteiger partial charge in [-0.3, -0.25) is 0 Å². The van der Waals surface area contributed by atoms with Crippen LogP contribution in [0.4, 0.5) is 0 Å². The largest absolute Gasteiger partial charge is 0.478 e. The van der Waals surface area contributed by atoms with Gasteiger partial charge in [0.05, 0.1) is 12.8 Å². The van der Waals surface area contributed by atoms with E-state index in [2.05, 4.69) is 5.10 Å². The van der Waals surface area contributed by atoms with E-state index >= 15 is 0 Å². The fourth-order valence-electron chi connectivity index (χ4n) is 1.45. The maximum Gasteiger partial charge on any atom is 0.215 e. The third-order valence-electron chi connectivity index (χ3n) is 2.03. The second-order valence-corrected chi connectivity index (χ2v) is 2.94. The lowest BCUT2D eigenvalue weighted by Gasteiger charge is -2.15. The summed E-state index contributed by atoms with van der Waals surface area (Å²) in [6, 6.07) is 0. The number of aryl methyl sites for hydroxylation is 1. The number of hydrogen-bond donors (Lipinski definition) is 1. The summed E-state index contributed by atoms with van der Waals surface area (Å²) in [7, 11) is 0. The van der Waals surface area contributed by atoms with Crippen LogP contribution >= 0.6 is 0 Å². The quantitative estimate of drug-likeness (QED) is 0.683. The van der Waals surface area contributed by atoms with Crippen LogP contribution in [0.3, 0.4) is 0 Å². The van der Waals surface area contributed by atoms with E-state index in [1.54, 1.807) is 0 Å². The molecule has 0 spiro atoms. The Kier molecular flexibility index (Phi) is 1.99. The minimum atomic E-state index is 0.655. The fourth-order valence-corrected chi connectivity index (χ4v) is 1.45. The molecule has 0 atom stereocenters. The Hall–Kier alpha value is -1.03. The van der Waals surface area contributed by atoms with Crippen molar-refractivity contribution in [3.05, 3.63) is 11.8 Å². The maximum absolute atomic E-state index is 5.49. The maximum atomic E-state index is 5.49. The van der Waals surface area contributed by atoms with Gasteiger partial charge in [0.25, 0.3) is 0 Å². The van der Waals surface area contributed by atoms with Crippen LogP contribution < -0.4 is 10.5 Å². The van der Waals surface area contributed by atoms with Crippen LogP contribution in [0, 0.1) is 0 Å². The zero-order valence-corrected chi connectivity index (χ0v) is 6.99. The number of nitrogens with zero attached hydrogens (tertiary/aromatic N) is 2. The van der Waals surface area contributed by atoms with E-state index in [9.17, 15) is 0 Å². The van der Waals surface area contributed by atoms with Crippen molar-refractivity contribution in [1.82, 2.24) is 9.78 Å². The lowest BCUT2D eigenvalue weighted by molar-refractivity contribution is 0.228. The molecule has 2 heterocycles. The van der Waals surface area contributed by atoms with Gasteiger partial charge in [0.2, 0.25) is 5.88 Å². The summed E-state index contributed by atoms with van der Waals surface area (Å²) in [4.78, 5) is 0. The first-order chi connectivity index (χ1) is 5.92. The Balaban J connectivity index is 2.25. The number of fused-ring (bicyclic) bond motifs is 1. The van der Waals surface area contributed by atoms with E-state index in [0.717, 1.165) is 37.4 Å². The van der Waals surface area contributed by atoms with Crippen molar-refractivity contribution >= 4 is 0 Å². The molecule has 0 bridgehead atoms. The van der Waals surface area contributed by atoms with Gasteiger partial charge in [-0.05, 0) is 13.0 Å². The van der Waals surface area contributed by atoms with Crippen LogP contribution in [0.15, 0.2) is 6.20 Å². The summed E-state index contributed by atoms with van der Waals surface area (Å²) in [5, 5.41) is 4.21. The van der Waals surface area contributed by atoms with Gasteiger partial charge in [0.1, 0.15) is 0 Å². The van der Waals surface area contributed by atoms with Crippen molar-refractivity contribution in [2.24, 2.45) is 5.73 Å². The Morgan fingerprint density at radius 1 is 1.67 bits per heavy atom. The van der Waals surface area contributed by atoms with Crippen molar-refractivity contribution in [3.8, 4) is 5.88 Å². The fraction of sp³-hybridized carbons (Fsp3) is 0.625. The Labute approximate surface area is 71.3 Å². The standard InChI is InChI=1S/C8H13N3O/c9-3-2-7-6-10-11-4-1-5-12-8(7)11/h6H,1-5,9H2. The van der Waals surface area contributed by atoms with Gasteiger partial charge >= 0.3 is 0 Å². The van der Waals surface area contributed by atoms with Crippen LogP contribution in [-0.2, 0) is 13.0 Å². The first kappa shape index (κ1) is 7.61. The monoisotopic (exact) mass is 167 g/mol. The van der Waals surface area contributed by atoms with Crippen LogP contribution in [0.1, 0.15) is 12.0 Å². The molecule has 2 N–H and O–H groups in total. The number of nitrogens with two attached hydrogens (primary N) is 1. The SMILES string of the molecule is NCCc1cnn2c1OCCC2. The predicted octanol–water partition coefficient (Wildman–Crippen LogP) is 0.167. The molecule has 0 saturated carbocycles. The zero-order chi connectivity index (χ0) is 8.39. The van der Waals surface area contributed by atoms with Crippen molar-refractivity contribution in [1.29, 1.82) is 0 Å². The van der Waals surface area contributed by atoms with E-state index in [0.29, 0.717) is 6.54 Å². The van der Waals surface area contributed by atoms with Gasteiger partial charge in [-0.2, -0.15) is 5.10 Å². The molecule has 1 aromatic heterocycles. The lowest BCUT2D eigenvalue weighted by atomic mass is 10.2. The van der Waals surface area contributed by atoms with Gasteiger partial charge in [-0.25, -0.2) is 4.68 Å². The molecule has 2 rings (SSSR count). The molecule has 12 heavy (non-hydrogen) atoms. The second-order valence-electron chi connectivity index (χ2n) is 2.94. The van der Waals surface area contributed by atoms with E-state index in [1.807, 2.05) is 10.9 Å². The topological polar surface area (TPSA) is 53.1 Å². The summed E-state index contributed by atoms with van der Waals surface area (Å²) in [6.45, 7) is 2.44. The Morgan fingerprint density at radius 3 is 3.42 bits per heavy atom. The van der Waals surface area contributed by atoms with Crippen molar-refractivity contribution in [2.75, 3.05) is 13.2 Å². The van der Waals surface area contributed by atoms with Crippen molar-refractivity contribution in [2.45, 2.75) is 19.4 Å². The third kappa shape index (κ3) is 1.18. The highest BCUT2D eigenvalue weighted by atomic mass is 16.5. The number of ether oxygens (including phenoxy) is 1. The van der Waals surface area contributed by atoms with Gasteiger partial charge < -0.3 is 10.5 Å². The van der Waals surface area contributed by atoms with E-state index in [4.69, 9.17) is 10.5 Å². The molecule has 0 radical (unpaired) electrons. The molecular weight excluding hydrogens is 154 g/mol. The van der Waals surface area contributed by atoms with Gasteiger partial charge in [0.15, 0.2) is 0 Å². The second kappa shape index (κ2) is 3.15. The molecular formula is C8H13N3O. The molecule has 0 amide bonds. The highest BCUT2D eigenvalue weighted by molar-refractivity contribution is 5.25. The zero-order valence-electron chi connectivity index (χ0n) is 6.99. The van der Waals surface area contributed by atoms with E-state index in [1.165, 1.54) is 0 Å². The molecule has 0 aliphatic carbocycles. The molecule has 4 nitrogen and oxygen atoms in total. The Bertz CT molecular complexity index is 269. The smallest absolute Gasteiger partial charge is 0.215 e. The predicted molar refractivity (Wildman–Crippen MR) is 45.1 cm³/mol. The van der Waals surface area contributed by atoms with Crippen molar-refractivity contribution < 1.29 is 4.74 Å². The highest BCUT2D eigenvalue weighted by Crippen LogP contribution is 2.21. The average molecular weight is 167 g/mol. The molecule has 0 saturated heterocycles. The molecule has 0 aromatic carbocycles. The van der Waals surface area contributed by atoms with Crippen molar-refractivity contribution in [3.63, 3.8) is 0 Å². The van der Waals surface area contributed by atoms with Crippen LogP contribution in [-0.4, -0.2) is 22.9 Å². The normalized spacial score (nSPS) is 15.4. The highest BCUT2D eigenvalue weighted by Gasteiger charge is 2.14. The molecule has 1 aliphatic rings. The molecule has 0 fully saturated rings. The van der Waals surface area contributed by atoms with E-state index < -0.39 is 0 Å². The third-order valence-corrected chi connectivity index (χ3v) is 2.03. The molecule has 66 valence electrons. The van der Waals surface area contributed by atoms with Crippen LogP contribution in [0.25, 0.3) is 0 Å². The molecule has 4 heteroatoms. The molecule has 0 unspecified atom stereocenters. The molecule has 1 aromatic rings. The summed E-state index contributed by atoms with van der Waals surface area (Å²) in [5.74, 6) is 0.923. The number of rotatable bonds is 2. The summed E-state index contributed by atoms with van der Waals surface area (Å²) in [5.41, 5.74) is 6.60. The van der Waals surface area contributed by atoms with Crippen LogP contribution in [0.5, 0.6) is 5.88 Å². The van der Waals surface area contributed by atoms with E-state index in [-0.39, 0.29) is 0 Å². The average Bonchev–Trinajstić information content (AvgIpc) is 2.50. The summed E-state index contributed by atoms with van der Waals surface area (Å²) < 4.78 is 7.40. The summed E-state index contributed by atoms with van der Waals surface area (Å²) in [6.07, 6.45) is 3.76. The molecule has 1 aliphatic heterocycles. The Morgan fingerprint density at radius 2 is 2.58 bits per heavy atom.